The topological polar surface area (TPSA) is 119 Å². The van der Waals surface area contributed by atoms with Crippen molar-refractivity contribution in [2.24, 2.45) is 0 Å². The molecule has 0 aromatic heterocycles. The zero-order valence-corrected chi connectivity index (χ0v) is 10.2. The highest BCUT2D eigenvalue weighted by atomic mass is 16.6. The maximum atomic E-state index is 11.7. The number of nitro groups is 1. The first kappa shape index (κ1) is 14.4. The summed E-state index contributed by atoms with van der Waals surface area (Å²) < 4.78 is 4.43. The minimum absolute atomic E-state index is 0.00106. The summed E-state index contributed by atoms with van der Waals surface area (Å²) in [4.78, 5) is 32.5. The van der Waals surface area contributed by atoms with E-state index in [-0.39, 0.29) is 5.56 Å². The maximum Gasteiger partial charge on any atom is 0.328 e. The van der Waals surface area contributed by atoms with Crippen LogP contribution in [0.15, 0.2) is 18.2 Å². The van der Waals surface area contributed by atoms with Gasteiger partial charge in [0, 0.05) is 11.6 Å². The lowest BCUT2D eigenvalue weighted by atomic mass is 10.1. The van der Waals surface area contributed by atoms with E-state index >= 15 is 0 Å². The molecular weight excluding hydrogens is 256 g/mol. The number of carbonyl (C=O) groups is 2. The van der Waals surface area contributed by atoms with E-state index in [4.69, 9.17) is 0 Å². The molecule has 1 amide bonds. The predicted octanol–water partition coefficient (Wildman–Crippen LogP) is 0.592. The van der Waals surface area contributed by atoms with Gasteiger partial charge in [-0.05, 0) is 19.1 Å². The summed E-state index contributed by atoms with van der Waals surface area (Å²) >= 11 is 0. The quantitative estimate of drug-likeness (QED) is 0.468. The summed E-state index contributed by atoms with van der Waals surface area (Å²) in [6, 6.07) is 2.27. The van der Waals surface area contributed by atoms with Gasteiger partial charge in [-0.25, -0.2) is 4.79 Å². The van der Waals surface area contributed by atoms with Gasteiger partial charge in [0.05, 0.1) is 12.0 Å². The summed E-state index contributed by atoms with van der Waals surface area (Å²) in [6.07, 6.45) is 0. The number of rotatable bonds is 4. The minimum atomic E-state index is -0.866. The molecule has 0 fully saturated rings. The Bertz CT molecular complexity index is 528. The number of aromatic hydroxyl groups is 1. The molecular formula is C11H12N2O6. The van der Waals surface area contributed by atoms with Crippen LogP contribution in [0, 0.1) is 10.1 Å². The van der Waals surface area contributed by atoms with Gasteiger partial charge in [-0.2, -0.15) is 0 Å². The van der Waals surface area contributed by atoms with E-state index in [2.05, 4.69) is 10.1 Å². The van der Waals surface area contributed by atoms with Crippen LogP contribution in [-0.2, 0) is 9.53 Å². The van der Waals surface area contributed by atoms with Crippen molar-refractivity contribution in [1.82, 2.24) is 5.32 Å². The Morgan fingerprint density at radius 1 is 1.47 bits per heavy atom. The van der Waals surface area contributed by atoms with Crippen LogP contribution in [0.5, 0.6) is 5.75 Å². The van der Waals surface area contributed by atoms with Crippen molar-refractivity contribution in [3.63, 3.8) is 0 Å². The first-order valence-corrected chi connectivity index (χ1v) is 5.23. The molecule has 1 unspecified atom stereocenters. The highest BCUT2D eigenvalue weighted by Gasteiger charge is 2.19. The lowest BCUT2D eigenvalue weighted by molar-refractivity contribution is -0.385. The number of nitro benzene ring substituents is 1. The van der Waals surface area contributed by atoms with Gasteiger partial charge in [-0.1, -0.05) is 0 Å². The van der Waals surface area contributed by atoms with E-state index in [0.29, 0.717) is 0 Å². The summed E-state index contributed by atoms with van der Waals surface area (Å²) in [7, 11) is 1.18. The SMILES string of the molecule is COC(=O)C(C)NC(=O)c1ccc([N+](=O)[O-])c(O)c1. The monoisotopic (exact) mass is 268 g/mol. The van der Waals surface area contributed by atoms with Crippen LogP contribution in [0.1, 0.15) is 17.3 Å². The first-order chi connectivity index (χ1) is 8.86. The number of carbonyl (C=O) groups excluding carboxylic acids is 2. The summed E-state index contributed by atoms with van der Waals surface area (Å²) in [5, 5.41) is 22.2. The largest absolute Gasteiger partial charge is 0.502 e. The summed E-state index contributed by atoms with van der Waals surface area (Å²) in [6.45, 7) is 1.43. The average Bonchev–Trinajstić information content (AvgIpc) is 2.36. The Morgan fingerprint density at radius 2 is 2.11 bits per heavy atom. The number of benzene rings is 1. The third-order valence-corrected chi connectivity index (χ3v) is 2.34. The van der Waals surface area contributed by atoms with Crippen molar-refractivity contribution in [3.05, 3.63) is 33.9 Å². The molecule has 1 atom stereocenters. The van der Waals surface area contributed by atoms with Gasteiger partial charge < -0.3 is 15.2 Å². The zero-order valence-electron chi connectivity index (χ0n) is 10.2. The molecule has 1 rings (SSSR count). The molecule has 19 heavy (non-hydrogen) atoms. The first-order valence-electron chi connectivity index (χ1n) is 5.23. The highest BCUT2D eigenvalue weighted by molar-refractivity contribution is 5.97. The van der Waals surface area contributed by atoms with Crippen molar-refractivity contribution in [2.45, 2.75) is 13.0 Å². The Hall–Kier alpha value is -2.64. The number of hydrogen-bond donors (Lipinski definition) is 2. The number of phenols is 1. The van der Waals surface area contributed by atoms with Crippen molar-refractivity contribution in [3.8, 4) is 5.75 Å². The fourth-order valence-corrected chi connectivity index (χ4v) is 1.33. The van der Waals surface area contributed by atoms with E-state index in [1.807, 2.05) is 0 Å². The molecule has 0 radical (unpaired) electrons. The van der Waals surface area contributed by atoms with Crippen LogP contribution < -0.4 is 5.32 Å². The van der Waals surface area contributed by atoms with Gasteiger partial charge in [0.2, 0.25) is 0 Å². The number of esters is 1. The summed E-state index contributed by atoms with van der Waals surface area (Å²) in [5.74, 6) is -1.90. The molecule has 2 N–H and O–H groups in total. The number of methoxy groups -OCH3 is 1. The lowest BCUT2D eigenvalue weighted by Crippen LogP contribution is -2.39. The van der Waals surface area contributed by atoms with Crippen molar-refractivity contribution in [1.29, 1.82) is 0 Å². The number of amides is 1. The number of hydrogen-bond acceptors (Lipinski definition) is 6. The molecule has 1 aromatic carbocycles. The second kappa shape index (κ2) is 5.80. The van der Waals surface area contributed by atoms with E-state index in [1.165, 1.54) is 20.1 Å². The molecule has 0 bridgehead atoms. The molecule has 0 saturated carbocycles. The van der Waals surface area contributed by atoms with Gasteiger partial charge in [0.25, 0.3) is 5.91 Å². The van der Waals surface area contributed by atoms with Gasteiger partial charge in [-0.3, -0.25) is 14.9 Å². The van der Waals surface area contributed by atoms with E-state index in [9.17, 15) is 24.8 Å². The van der Waals surface area contributed by atoms with Gasteiger partial charge in [0.1, 0.15) is 6.04 Å². The second-order valence-electron chi connectivity index (χ2n) is 3.68. The fourth-order valence-electron chi connectivity index (χ4n) is 1.33. The van der Waals surface area contributed by atoms with Crippen LogP contribution in [0.25, 0.3) is 0 Å². The van der Waals surface area contributed by atoms with E-state index in [0.717, 1.165) is 12.1 Å². The summed E-state index contributed by atoms with van der Waals surface area (Å²) in [5.41, 5.74) is -0.503. The van der Waals surface area contributed by atoms with E-state index in [1.54, 1.807) is 0 Å². The van der Waals surface area contributed by atoms with Crippen molar-refractivity contribution < 1.29 is 24.4 Å². The van der Waals surface area contributed by atoms with Gasteiger partial charge >= 0.3 is 11.7 Å². The third-order valence-electron chi connectivity index (χ3n) is 2.34. The Labute approximate surface area is 108 Å². The molecule has 8 heteroatoms. The van der Waals surface area contributed by atoms with Gasteiger partial charge in [0.15, 0.2) is 5.75 Å². The highest BCUT2D eigenvalue weighted by Crippen LogP contribution is 2.26. The van der Waals surface area contributed by atoms with Crippen molar-refractivity contribution in [2.75, 3.05) is 7.11 Å². The van der Waals surface area contributed by atoms with Crippen LogP contribution in [0.2, 0.25) is 0 Å². The standard InChI is InChI=1S/C11H12N2O6/c1-6(11(16)19-2)12-10(15)7-3-4-8(13(17)18)9(14)5-7/h3-6,14H,1-2H3,(H,12,15). The maximum absolute atomic E-state index is 11.7. The molecule has 0 saturated heterocycles. The molecule has 1 aromatic rings. The van der Waals surface area contributed by atoms with Crippen LogP contribution >= 0.6 is 0 Å². The fraction of sp³-hybridized carbons (Fsp3) is 0.273. The van der Waals surface area contributed by atoms with Crippen LogP contribution in [-0.4, -0.2) is 35.1 Å². The predicted molar refractivity (Wildman–Crippen MR) is 63.7 cm³/mol. The average molecular weight is 268 g/mol. The lowest BCUT2D eigenvalue weighted by Gasteiger charge is -2.11. The Morgan fingerprint density at radius 3 is 2.58 bits per heavy atom. The number of nitrogens with one attached hydrogen (secondary N) is 1. The number of nitrogens with zero attached hydrogens (tertiary/aromatic N) is 1. The van der Waals surface area contributed by atoms with Crippen molar-refractivity contribution >= 4 is 17.6 Å². The van der Waals surface area contributed by atoms with Crippen LogP contribution in [0.4, 0.5) is 5.69 Å². The Kier molecular flexibility index (Phi) is 4.41. The molecule has 0 aliphatic rings. The van der Waals surface area contributed by atoms with Crippen LogP contribution in [0.3, 0.4) is 0 Å². The normalized spacial score (nSPS) is 11.5. The number of phenolic OH excluding ortho intramolecular Hbond substituents is 1. The van der Waals surface area contributed by atoms with E-state index < -0.39 is 34.3 Å². The molecule has 0 aliphatic carbocycles. The molecule has 102 valence electrons. The third kappa shape index (κ3) is 3.41. The zero-order chi connectivity index (χ0) is 14.6. The molecule has 8 nitrogen and oxygen atoms in total. The second-order valence-corrected chi connectivity index (χ2v) is 3.68. The smallest absolute Gasteiger partial charge is 0.328 e. The molecule has 0 aliphatic heterocycles. The molecule has 0 heterocycles. The Balaban J connectivity index is 2.87. The molecule has 0 spiro atoms. The van der Waals surface area contributed by atoms with Gasteiger partial charge in [-0.15, -0.1) is 0 Å². The number of ether oxygens (including phenoxy) is 1. The minimum Gasteiger partial charge on any atom is -0.502 e.